The van der Waals surface area contributed by atoms with Gasteiger partial charge in [0.25, 0.3) is 0 Å². The number of fused-ring (bicyclic) bond motifs is 1. The van der Waals surface area contributed by atoms with Gasteiger partial charge in [0.2, 0.25) is 5.91 Å². The second-order valence-corrected chi connectivity index (χ2v) is 9.64. The zero-order valence-corrected chi connectivity index (χ0v) is 21.1. The van der Waals surface area contributed by atoms with E-state index in [2.05, 4.69) is 10.1 Å². The van der Waals surface area contributed by atoms with E-state index in [1.165, 1.54) is 11.4 Å². The Hall–Kier alpha value is -4.11. The number of nitrogens with zero attached hydrogens (tertiary/aromatic N) is 5. The summed E-state index contributed by atoms with van der Waals surface area (Å²) in [7, 11) is 0. The lowest BCUT2D eigenvalue weighted by atomic mass is 9.89. The number of hydrogen-bond donors (Lipinski definition) is 2. The number of benzene rings is 1. The number of hydrogen-bond acceptors (Lipinski definition) is 7. The molecule has 37 heavy (non-hydrogen) atoms. The summed E-state index contributed by atoms with van der Waals surface area (Å²) in [6.07, 6.45) is 4.91. The van der Waals surface area contributed by atoms with Crippen molar-refractivity contribution in [3.63, 3.8) is 0 Å². The van der Waals surface area contributed by atoms with Crippen LogP contribution in [0, 0.1) is 5.92 Å². The Morgan fingerprint density at radius 3 is 2.41 bits per heavy atom. The molecule has 1 aliphatic rings. The van der Waals surface area contributed by atoms with E-state index in [-0.39, 0.29) is 29.3 Å². The van der Waals surface area contributed by atoms with E-state index in [9.17, 15) is 9.59 Å². The van der Waals surface area contributed by atoms with Crippen molar-refractivity contribution in [1.29, 1.82) is 0 Å². The van der Waals surface area contributed by atoms with E-state index < -0.39 is 0 Å². The number of ketones is 1. The molecule has 9 heteroatoms. The maximum Gasteiger partial charge on any atom is 0.226 e. The molecule has 0 radical (unpaired) electrons. The number of aromatic nitrogens is 4. The van der Waals surface area contributed by atoms with Crippen LogP contribution in [0.4, 0.5) is 5.82 Å². The van der Waals surface area contributed by atoms with Crippen LogP contribution >= 0.6 is 0 Å². The molecule has 1 fully saturated rings. The molecule has 0 saturated carbocycles. The average molecular weight is 498 g/mol. The van der Waals surface area contributed by atoms with E-state index >= 15 is 0 Å². The molecule has 0 bridgehead atoms. The zero-order valence-electron chi connectivity index (χ0n) is 21.1. The number of anilines is 1. The molecular formula is C28H31N7O2. The van der Waals surface area contributed by atoms with E-state index in [0.29, 0.717) is 49.4 Å². The fourth-order valence-corrected chi connectivity index (χ4v) is 5.01. The van der Waals surface area contributed by atoms with Crippen LogP contribution in [0.5, 0.6) is 0 Å². The summed E-state index contributed by atoms with van der Waals surface area (Å²) in [5.41, 5.74) is 17.4. The van der Waals surface area contributed by atoms with Crippen LogP contribution in [-0.2, 0) is 4.79 Å². The number of nitrogens with two attached hydrogens (primary N) is 2. The van der Waals surface area contributed by atoms with Crippen LogP contribution in [0.2, 0.25) is 0 Å². The first kappa shape index (κ1) is 24.6. The fourth-order valence-electron chi connectivity index (χ4n) is 5.01. The van der Waals surface area contributed by atoms with Gasteiger partial charge in [0.15, 0.2) is 11.4 Å². The third kappa shape index (κ3) is 4.58. The van der Waals surface area contributed by atoms with Gasteiger partial charge < -0.3 is 16.4 Å². The van der Waals surface area contributed by atoms with E-state index in [1.807, 2.05) is 54.3 Å². The Morgan fingerprint density at radius 2 is 1.78 bits per heavy atom. The Labute approximate surface area is 215 Å². The standard InChI is InChI=1S/C28H31N7O2/c1-17(14-29)28(37)34-12-10-20(11-13-34)25-24(18(2)36)26(30)35-27(33-25)22(16-32-35)21-8-9-23(31-15-21)19-6-4-3-5-7-19/h3-9,15-17,20H,10-14,29-30H2,1-2H3. The van der Waals surface area contributed by atoms with E-state index in [0.717, 1.165) is 22.4 Å². The molecule has 1 aliphatic heterocycles. The lowest BCUT2D eigenvalue weighted by Gasteiger charge is -2.33. The van der Waals surface area contributed by atoms with Gasteiger partial charge in [-0.3, -0.25) is 14.6 Å². The van der Waals surface area contributed by atoms with Crippen molar-refractivity contribution in [1.82, 2.24) is 24.5 Å². The van der Waals surface area contributed by atoms with Crippen LogP contribution in [0.15, 0.2) is 54.9 Å². The Balaban J connectivity index is 1.50. The number of nitrogen functional groups attached to an aromatic ring is 1. The van der Waals surface area contributed by atoms with Crippen molar-refractivity contribution >= 4 is 23.2 Å². The predicted molar refractivity (Wildman–Crippen MR) is 143 cm³/mol. The van der Waals surface area contributed by atoms with Gasteiger partial charge in [-0.25, -0.2) is 4.98 Å². The summed E-state index contributed by atoms with van der Waals surface area (Å²) in [6.45, 7) is 4.86. The largest absolute Gasteiger partial charge is 0.383 e. The molecule has 3 aromatic heterocycles. The number of pyridine rings is 1. The maximum absolute atomic E-state index is 12.7. The molecule has 0 spiro atoms. The first-order chi connectivity index (χ1) is 17.9. The first-order valence-corrected chi connectivity index (χ1v) is 12.6. The lowest BCUT2D eigenvalue weighted by Crippen LogP contribution is -2.42. The van der Waals surface area contributed by atoms with E-state index in [4.69, 9.17) is 16.5 Å². The zero-order chi connectivity index (χ0) is 26.1. The van der Waals surface area contributed by atoms with Crippen molar-refractivity contribution in [2.45, 2.75) is 32.6 Å². The van der Waals surface area contributed by atoms with Crippen molar-refractivity contribution in [3.05, 3.63) is 66.1 Å². The molecular weight excluding hydrogens is 466 g/mol. The topological polar surface area (TPSA) is 132 Å². The average Bonchev–Trinajstić information content (AvgIpc) is 3.37. The van der Waals surface area contributed by atoms with Gasteiger partial charge in [-0.1, -0.05) is 43.3 Å². The van der Waals surface area contributed by atoms with Crippen LogP contribution in [0.1, 0.15) is 48.7 Å². The quantitative estimate of drug-likeness (QED) is 0.389. The molecule has 4 aromatic rings. The molecule has 1 aromatic carbocycles. The monoisotopic (exact) mass is 497 g/mol. The predicted octanol–water partition coefficient (Wildman–Crippen LogP) is 3.54. The van der Waals surface area contributed by atoms with Gasteiger partial charge in [-0.15, -0.1) is 0 Å². The molecule has 4 N–H and O–H groups in total. The van der Waals surface area contributed by atoms with Gasteiger partial charge in [0.05, 0.1) is 23.1 Å². The Morgan fingerprint density at radius 1 is 1.05 bits per heavy atom. The molecule has 9 nitrogen and oxygen atoms in total. The number of likely N-dealkylation sites (tertiary alicyclic amines) is 1. The highest BCUT2D eigenvalue weighted by molar-refractivity contribution is 6.00. The normalized spacial score (nSPS) is 15.2. The van der Waals surface area contributed by atoms with Crippen LogP contribution in [0.25, 0.3) is 28.0 Å². The van der Waals surface area contributed by atoms with E-state index in [1.54, 1.807) is 12.4 Å². The molecule has 0 aliphatic carbocycles. The van der Waals surface area contributed by atoms with Gasteiger partial charge in [-0.2, -0.15) is 9.61 Å². The van der Waals surface area contributed by atoms with Gasteiger partial charge >= 0.3 is 0 Å². The Kier molecular flexibility index (Phi) is 6.71. The third-order valence-electron chi connectivity index (χ3n) is 7.18. The number of Topliss-reactive ketones (excluding diaryl/α,β-unsaturated/α-hetero) is 1. The van der Waals surface area contributed by atoms with Crippen molar-refractivity contribution < 1.29 is 9.59 Å². The lowest BCUT2D eigenvalue weighted by molar-refractivity contribution is -0.135. The van der Waals surface area contributed by atoms with Gasteiger partial charge in [0.1, 0.15) is 5.82 Å². The molecule has 1 atom stereocenters. The van der Waals surface area contributed by atoms with Crippen LogP contribution < -0.4 is 11.5 Å². The molecule has 1 unspecified atom stereocenters. The highest BCUT2D eigenvalue weighted by Crippen LogP contribution is 2.35. The molecule has 4 heterocycles. The molecule has 1 amide bonds. The molecule has 5 rings (SSSR count). The number of carbonyl (C=O) groups excluding carboxylic acids is 2. The molecule has 1 saturated heterocycles. The van der Waals surface area contributed by atoms with Crippen LogP contribution in [0.3, 0.4) is 0 Å². The second-order valence-electron chi connectivity index (χ2n) is 9.64. The minimum atomic E-state index is -0.203. The number of carbonyl (C=O) groups is 2. The summed E-state index contributed by atoms with van der Waals surface area (Å²) < 4.78 is 1.53. The van der Waals surface area contributed by atoms with Crippen molar-refractivity contribution in [2.75, 3.05) is 25.4 Å². The summed E-state index contributed by atoms with van der Waals surface area (Å²) >= 11 is 0. The number of rotatable bonds is 6. The fraction of sp³-hybridized carbons (Fsp3) is 0.321. The summed E-state index contributed by atoms with van der Waals surface area (Å²) in [5.74, 6) is 0.00149. The maximum atomic E-state index is 12.7. The summed E-state index contributed by atoms with van der Waals surface area (Å²) in [5, 5.41) is 4.45. The SMILES string of the molecule is CC(=O)c1c(C2CCN(C(=O)C(C)CN)CC2)nc2c(-c3ccc(-c4ccccc4)nc3)cnn2c1N. The van der Waals surface area contributed by atoms with Gasteiger partial charge in [0, 0.05) is 54.4 Å². The smallest absolute Gasteiger partial charge is 0.226 e. The summed E-state index contributed by atoms with van der Waals surface area (Å²) in [6, 6.07) is 13.9. The Bertz CT molecular complexity index is 1440. The van der Waals surface area contributed by atoms with Crippen molar-refractivity contribution in [2.24, 2.45) is 11.7 Å². The first-order valence-electron chi connectivity index (χ1n) is 12.6. The number of amides is 1. The molecule has 190 valence electrons. The highest BCUT2D eigenvalue weighted by atomic mass is 16.2. The van der Waals surface area contributed by atoms with Crippen molar-refractivity contribution in [3.8, 4) is 22.4 Å². The van der Waals surface area contributed by atoms with Crippen LogP contribution in [-0.4, -0.2) is 55.8 Å². The van der Waals surface area contributed by atoms with Gasteiger partial charge in [-0.05, 0) is 25.8 Å². The second kappa shape index (κ2) is 10.1. The highest BCUT2D eigenvalue weighted by Gasteiger charge is 2.31. The summed E-state index contributed by atoms with van der Waals surface area (Å²) in [4.78, 5) is 36.7. The minimum Gasteiger partial charge on any atom is -0.383 e. The third-order valence-corrected chi connectivity index (χ3v) is 7.18. The number of piperidine rings is 1. The minimum absolute atomic E-state index is 0.00441.